The number of nitrogens with zero attached hydrogens (tertiary/aromatic N) is 1. The van der Waals surface area contributed by atoms with Gasteiger partial charge in [-0.05, 0) is 45.1 Å². The molecule has 25 heavy (non-hydrogen) atoms. The molecular weight excluding hydrogens is 324 g/mol. The van der Waals surface area contributed by atoms with Crippen LogP contribution in [0.15, 0.2) is 35.9 Å². The maximum absolute atomic E-state index is 12.0. The molecule has 0 radical (unpaired) electrons. The summed E-state index contributed by atoms with van der Waals surface area (Å²) in [5.74, 6) is -1.14. The molecule has 1 aromatic carbocycles. The number of nitrogens with one attached hydrogen (secondary N) is 1. The number of carbonyl (C=O) groups excluding carboxylic acids is 2. The number of carbonyl (C=O) groups is 2. The van der Waals surface area contributed by atoms with Gasteiger partial charge in [-0.15, -0.1) is 0 Å². The first-order valence-electron chi connectivity index (χ1n) is 8.38. The molecule has 134 valence electrons. The van der Waals surface area contributed by atoms with E-state index in [1.54, 1.807) is 0 Å². The van der Waals surface area contributed by atoms with E-state index in [0.29, 0.717) is 6.54 Å². The third kappa shape index (κ3) is 5.70. The van der Waals surface area contributed by atoms with E-state index in [4.69, 9.17) is 4.74 Å². The number of ether oxygens (including phenoxy) is 1. The molecule has 0 saturated heterocycles. The van der Waals surface area contributed by atoms with Gasteiger partial charge in [0, 0.05) is 18.7 Å². The van der Waals surface area contributed by atoms with Crippen molar-refractivity contribution in [1.82, 2.24) is 5.32 Å². The number of esters is 1. The Balaban J connectivity index is 1.81. The Morgan fingerprint density at radius 1 is 1.36 bits per heavy atom. The Morgan fingerprint density at radius 3 is 2.84 bits per heavy atom. The highest BCUT2D eigenvalue weighted by Crippen LogP contribution is 2.19. The van der Waals surface area contributed by atoms with Crippen molar-refractivity contribution in [2.75, 3.05) is 6.54 Å². The largest absolute Gasteiger partial charge is 0.449 e. The Labute approximate surface area is 146 Å². The molecule has 1 amide bonds. The molecule has 0 aliphatic heterocycles. The molecule has 7 heteroatoms. The first-order chi connectivity index (χ1) is 12.0. The molecule has 0 aromatic heterocycles. The predicted molar refractivity (Wildman–Crippen MR) is 92.2 cm³/mol. The fourth-order valence-corrected chi connectivity index (χ4v) is 2.65. The summed E-state index contributed by atoms with van der Waals surface area (Å²) in [5.41, 5.74) is 1.20. The van der Waals surface area contributed by atoms with E-state index in [1.807, 2.05) is 0 Å². The Morgan fingerprint density at radius 2 is 2.16 bits per heavy atom. The van der Waals surface area contributed by atoms with Crippen LogP contribution in [0.25, 0.3) is 0 Å². The van der Waals surface area contributed by atoms with Crippen molar-refractivity contribution in [3.63, 3.8) is 0 Å². The van der Waals surface area contributed by atoms with Crippen LogP contribution in [0.2, 0.25) is 0 Å². The quantitative estimate of drug-likeness (QED) is 0.354. The number of non-ortho nitro benzene ring substituents is 1. The highest BCUT2D eigenvalue weighted by molar-refractivity contribution is 5.92. The van der Waals surface area contributed by atoms with Crippen LogP contribution in [-0.2, 0) is 9.53 Å². The van der Waals surface area contributed by atoms with Crippen LogP contribution in [0.5, 0.6) is 0 Å². The highest BCUT2D eigenvalue weighted by atomic mass is 16.6. The summed E-state index contributed by atoms with van der Waals surface area (Å²) in [4.78, 5) is 34.2. The molecule has 1 aliphatic rings. The molecular formula is C18H22N2O5. The van der Waals surface area contributed by atoms with Gasteiger partial charge in [-0.2, -0.15) is 0 Å². The summed E-state index contributed by atoms with van der Waals surface area (Å²) < 4.78 is 5.09. The molecule has 1 atom stereocenters. The molecule has 0 spiro atoms. The molecule has 2 rings (SSSR count). The third-order valence-electron chi connectivity index (χ3n) is 4.08. The van der Waals surface area contributed by atoms with Gasteiger partial charge in [0.15, 0.2) is 6.10 Å². The topological polar surface area (TPSA) is 98.5 Å². The summed E-state index contributed by atoms with van der Waals surface area (Å²) in [5, 5.41) is 13.5. The van der Waals surface area contributed by atoms with E-state index in [1.165, 1.54) is 43.5 Å². The van der Waals surface area contributed by atoms with E-state index >= 15 is 0 Å². The van der Waals surface area contributed by atoms with Crippen LogP contribution < -0.4 is 5.32 Å². The van der Waals surface area contributed by atoms with Crippen molar-refractivity contribution in [2.45, 2.75) is 45.1 Å². The van der Waals surface area contributed by atoms with Crippen LogP contribution in [0.4, 0.5) is 5.69 Å². The van der Waals surface area contributed by atoms with Crippen LogP contribution >= 0.6 is 0 Å². The highest BCUT2D eigenvalue weighted by Gasteiger charge is 2.20. The van der Waals surface area contributed by atoms with Crippen molar-refractivity contribution < 1.29 is 19.2 Å². The molecule has 1 aromatic rings. The smallest absolute Gasteiger partial charge is 0.339 e. The minimum absolute atomic E-state index is 0.0428. The van der Waals surface area contributed by atoms with Crippen molar-refractivity contribution in [2.24, 2.45) is 0 Å². The number of benzene rings is 1. The monoisotopic (exact) mass is 346 g/mol. The SMILES string of the molecule is CC(OC(=O)c1cccc([N+](=O)[O-])c1)C(=O)NCCC1=CCCCC1. The second kappa shape index (κ2) is 8.96. The van der Waals surface area contributed by atoms with Crippen molar-refractivity contribution in [1.29, 1.82) is 0 Å². The van der Waals surface area contributed by atoms with E-state index < -0.39 is 17.0 Å². The number of hydrogen-bond donors (Lipinski definition) is 1. The average molecular weight is 346 g/mol. The van der Waals surface area contributed by atoms with Crippen molar-refractivity contribution in [3.8, 4) is 0 Å². The van der Waals surface area contributed by atoms with Gasteiger partial charge in [0.1, 0.15) is 0 Å². The Hall–Kier alpha value is -2.70. The van der Waals surface area contributed by atoms with Gasteiger partial charge in [-0.25, -0.2) is 4.79 Å². The lowest BCUT2D eigenvalue weighted by Crippen LogP contribution is -2.36. The summed E-state index contributed by atoms with van der Waals surface area (Å²) >= 11 is 0. The summed E-state index contributed by atoms with van der Waals surface area (Å²) in [6.45, 7) is 1.98. The van der Waals surface area contributed by atoms with Crippen molar-refractivity contribution >= 4 is 17.6 Å². The van der Waals surface area contributed by atoms with Gasteiger partial charge in [0.2, 0.25) is 0 Å². The predicted octanol–water partition coefficient (Wildman–Crippen LogP) is 3.15. The Bertz CT molecular complexity index is 684. The standard InChI is InChI=1S/C18H22N2O5/c1-13(17(21)19-11-10-14-6-3-2-4-7-14)25-18(22)15-8-5-9-16(12-15)20(23)24/h5-6,8-9,12-13H,2-4,7,10-11H2,1H3,(H,19,21). The minimum atomic E-state index is -0.966. The molecule has 0 fully saturated rings. The number of nitro benzene ring substituents is 1. The number of nitro groups is 1. The normalized spacial score (nSPS) is 15.0. The maximum atomic E-state index is 12.0. The van der Waals surface area contributed by atoms with Crippen molar-refractivity contribution in [3.05, 3.63) is 51.6 Å². The van der Waals surface area contributed by atoms with Gasteiger partial charge in [0.05, 0.1) is 10.5 Å². The first kappa shape index (κ1) is 18.6. The lowest BCUT2D eigenvalue weighted by Gasteiger charge is -2.15. The molecule has 7 nitrogen and oxygen atoms in total. The second-order valence-electron chi connectivity index (χ2n) is 6.00. The Kier molecular flexibility index (Phi) is 6.68. The summed E-state index contributed by atoms with van der Waals surface area (Å²) in [7, 11) is 0. The zero-order valence-electron chi connectivity index (χ0n) is 14.2. The van der Waals surface area contributed by atoms with E-state index in [-0.39, 0.29) is 17.2 Å². The van der Waals surface area contributed by atoms with Crippen LogP contribution in [0, 0.1) is 10.1 Å². The fraction of sp³-hybridized carbons (Fsp3) is 0.444. The number of hydrogen-bond acceptors (Lipinski definition) is 5. The molecule has 1 aliphatic carbocycles. The number of rotatable bonds is 7. The minimum Gasteiger partial charge on any atom is -0.449 e. The lowest BCUT2D eigenvalue weighted by atomic mass is 9.97. The first-order valence-corrected chi connectivity index (χ1v) is 8.38. The van der Waals surface area contributed by atoms with Gasteiger partial charge in [0.25, 0.3) is 11.6 Å². The number of allylic oxidation sites excluding steroid dienone is 1. The molecule has 1 N–H and O–H groups in total. The maximum Gasteiger partial charge on any atom is 0.339 e. The van der Waals surface area contributed by atoms with Gasteiger partial charge >= 0.3 is 5.97 Å². The zero-order valence-corrected chi connectivity index (χ0v) is 14.2. The summed E-state index contributed by atoms with van der Waals surface area (Å²) in [6, 6.07) is 5.22. The second-order valence-corrected chi connectivity index (χ2v) is 6.00. The van der Waals surface area contributed by atoms with Gasteiger partial charge < -0.3 is 10.1 Å². The van der Waals surface area contributed by atoms with Crippen LogP contribution in [0.1, 0.15) is 49.4 Å². The third-order valence-corrected chi connectivity index (χ3v) is 4.08. The van der Waals surface area contributed by atoms with E-state index in [0.717, 1.165) is 25.3 Å². The lowest BCUT2D eigenvalue weighted by molar-refractivity contribution is -0.384. The molecule has 0 bridgehead atoms. The van der Waals surface area contributed by atoms with Gasteiger partial charge in [-0.1, -0.05) is 17.7 Å². The molecule has 0 heterocycles. The fourth-order valence-electron chi connectivity index (χ4n) is 2.65. The van der Waals surface area contributed by atoms with E-state index in [2.05, 4.69) is 11.4 Å². The van der Waals surface area contributed by atoms with Crippen LogP contribution in [-0.4, -0.2) is 29.4 Å². The molecule has 0 saturated carbocycles. The van der Waals surface area contributed by atoms with E-state index in [9.17, 15) is 19.7 Å². The summed E-state index contributed by atoms with van der Waals surface area (Å²) in [6.07, 6.45) is 6.65. The van der Waals surface area contributed by atoms with Crippen LogP contribution in [0.3, 0.4) is 0 Å². The zero-order chi connectivity index (χ0) is 18.2. The molecule has 1 unspecified atom stereocenters. The number of amides is 1. The average Bonchev–Trinajstić information content (AvgIpc) is 2.62. The van der Waals surface area contributed by atoms with Gasteiger partial charge in [-0.3, -0.25) is 14.9 Å².